The lowest BCUT2D eigenvalue weighted by Gasteiger charge is -2.39. The summed E-state index contributed by atoms with van der Waals surface area (Å²) < 4.78 is 26.7. The van der Waals surface area contributed by atoms with Crippen LogP contribution in [-0.4, -0.2) is 103 Å². The minimum atomic E-state index is -1.55. The Kier molecular flexibility index (Phi) is 9.95. The van der Waals surface area contributed by atoms with Gasteiger partial charge in [-0.3, -0.25) is 0 Å². The van der Waals surface area contributed by atoms with E-state index in [4.69, 9.17) is 23.7 Å². The smallest absolute Gasteiger partial charge is 0.186 e. The quantitative estimate of drug-likeness (QED) is 0.293. The number of methoxy groups -OCH3 is 2. The van der Waals surface area contributed by atoms with E-state index in [0.29, 0.717) is 18.1 Å². The van der Waals surface area contributed by atoms with Crippen LogP contribution in [0.2, 0.25) is 0 Å². The first-order chi connectivity index (χ1) is 14.4. The van der Waals surface area contributed by atoms with Crippen molar-refractivity contribution in [1.82, 2.24) is 0 Å². The van der Waals surface area contributed by atoms with Gasteiger partial charge in [-0.05, 0) is 17.7 Å². The molecule has 0 unspecified atom stereocenters. The zero-order chi connectivity index (χ0) is 22.1. The summed E-state index contributed by atoms with van der Waals surface area (Å²) in [7, 11) is 3.09. The Morgan fingerprint density at radius 1 is 1.07 bits per heavy atom. The molecule has 0 bridgehead atoms. The maximum atomic E-state index is 10.0. The molecule has 1 heterocycles. The second-order valence-corrected chi connectivity index (χ2v) is 6.72. The van der Waals surface area contributed by atoms with Gasteiger partial charge >= 0.3 is 0 Å². The molecule has 30 heavy (non-hydrogen) atoms. The van der Waals surface area contributed by atoms with Crippen molar-refractivity contribution in [1.29, 1.82) is 0 Å². The summed E-state index contributed by atoms with van der Waals surface area (Å²) in [5, 5.41) is 48.5. The Morgan fingerprint density at radius 3 is 2.47 bits per heavy atom. The molecule has 0 spiro atoms. The third kappa shape index (κ3) is 6.37. The molecule has 1 fully saturated rings. The molecule has 10 nitrogen and oxygen atoms in total. The highest BCUT2D eigenvalue weighted by atomic mass is 16.7. The van der Waals surface area contributed by atoms with E-state index in [0.717, 1.165) is 5.56 Å². The van der Waals surface area contributed by atoms with Crippen molar-refractivity contribution >= 4 is 6.08 Å². The van der Waals surface area contributed by atoms with E-state index in [9.17, 15) is 25.5 Å². The maximum absolute atomic E-state index is 10.0. The largest absolute Gasteiger partial charge is 0.493 e. The highest BCUT2D eigenvalue weighted by Gasteiger charge is 2.44. The number of hydrogen-bond donors (Lipinski definition) is 5. The zero-order valence-electron chi connectivity index (χ0n) is 17.0. The third-order valence-electron chi connectivity index (χ3n) is 4.55. The molecule has 1 aromatic carbocycles. The van der Waals surface area contributed by atoms with Crippen LogP contribution in [0.15, 0.2) is 24.3 Å². The number of benzene rings is 1. The summed E-state index contributed by atoms with van der Waals surface area (Å²) in [6, 6.07) is 5.24. The third-order valence-corrected chi connectivity index (χ3v) is 4.55. The van der Waals surface area contributed by atoms with E-state index >= 15 is 0 Å². The van der Waals surface area contributed by atoms with Crippen LogP contribution in [0.1, 0.15) is 5.56 Å². The number of hydrogen-bond acceptors (Lipinski definition) is 10. The monoisotopic (exact) mass is 430 g/mol. The Labute approximate surface area is 174 Å². The van der Waals surface area contributed by atoms with Gasteiger partial charge < -0.3 is 49.2 Å². The van der Waals surface area contributed by atoms with Crippen LogP contribution in [0, 0.1) is 0 Å². The number of aliphatic hydroxyl groups excluding tert-OH is 5. The van der Waals surface area contributed by atoms with Gasteiger partial charge in [0.1, 0.15) is 30.5 Å². The van der Waals surface area contributed by atoms with Gasteiger partial charge in [0.05, 0.1) is 33.5 Å². The summed E-state index contributed by atoms with van der Waals surface area (Å²) in [4.78, 5) is 0. The lowest BCUT2D eigenvalue weighted by molar-refractivity contribution is -0.304. The molecule has 10 heteroatoms. The predicted molar refractivity (Wildman–Crippen MR) is 105 cm³/mol. The summed E-state index contributed by atoms with van der Waals surface area (Å²) >= 11 is 0. The molecule has 0 aliphatic carbocycles. The first kappa shape index (κ1) is 24.5. The van der Waals surface area contributed by atoms with Gasteiger partial charge in [-0.25, -0.2) is 0 Å². The van der Waals surface area contributed by atoms with Crippen molar-refractivity contribution in [3.63, 3.8) is 0 Å². The van der Waals surface area contributed by atoms with E-state index in [-0.39, 0.29) is 6.61 Å². The Bertz CT molecular complexity index is 665. The van der Waals surface area contributed by atoms with Crippen LogP contribution in [0.4, 0.5) is 0 Å². The summed E-state index contributed by atoms with van der Waals surface area (Å²) in [5.41, 5.74) is 0.870. The van der Waals surface area contributed by atoms with Gasteiger partial charge in [0, 0.05) is 7.11 Å². The van der Waals surface area contributed by atoms with E-state index in [1.54, 1.807) is 25.3 Å². The van der Waals surface area contributed by atoms with Crippen LogP contribution < -0.4 is 9.47 Å². The molecule has 6 atom stereocenters. The molecule has 1 aromatic rings. The molecule has 170 valence electrons. The number of aliphatic hydroxyl groups is 5. The molecule has 1 aliphatic heterocycles. The molecule has 1 aliphatic rings. The second-order valence-electron chi connectivity index (χ2n) is 6.72. The topological polar surface area (TPSA) is 147 Å². The van der Waals surface area contributed by atoms with Gasteiger partial charge in [0.2, 0.25) is 0 Å². The normalized spacial score (nSPS) is 27.9. The fourth-order valence-electron chi connectivity index (χ4n) is 2.88. The highest BCUT2D eigenvalue weighted by molar-refractivity contribution is 5.56. The number of rotatable bonds is 11. The molecule has 2 rings (SSSR count). The summed E-state index contributed by atoms with van der Waals surface area (Å²) in [5.74, 6) is 0.818. The first-order valence-corrected chi connectivity index (χ1v) is 9.48. The van der Waals surface area contributed by atoms with E-state index in [2.05, 4.69) is 0 Å². The molecule has 0 amide bonds. The van der Waals surface area contributed by atoms with Gasteiger partial charge in [0.15, 0.2) is 17.8 Å². The minimum absolute atomic E-state index is 0.197. The molecule has 0 radical (unpaired) electrons. The fraction of sp³-hybridized carbons (Fsp3) is 0.600. The average Bonchev–Trinajstić information content (AvgIpc) is 2.76. The molecule has 0 saturated carbocycles. The van der Waals surface area contributed by atoms with Crippen LogP contribution in [0.3, 0.4) is 0 Å². The zero-order valence-corrected chi connectivity index (χ0v) is 17.0. The molecule has 1 saturated heterocycles. The molecule has 0 aromatic heterocycles. The van der Waals surface area contributed by atoms with Crippen LogP contribution in [0.25, 0.3) is 6.08 Å². The van der Waals surface area contributed by atoms with Crippen LogP contribution in [-0.2, 0) is 14.2 Å². The Morgan fingerprint density at radius 2 is 1.83 bits per heavy atom. The van der Waals surface area contributed by atoms with E-state index in [1.165, 1.54) is 7.11 Å². The van der Waals surface area contributed by atoms with Crippen molar-refractivity contribution in [2.75, 3.05) is 40.6 Å². The van der Waals surface area contributed by atoms with Crippen molar-refractivity contribution in [2.45, 2.75) is 36.8 Å². The fourth-order valence-corrected chi connectivity index (χ4v) is 2.88. The maximum Gasteiger partial charge on any atom is 0.186 e. The average molecular weight is 430 g/mol. The highest BCUT2D eigenvalue weighted by Crippen LogP contribution is 2.30. The first-order valence-electron chi connectivity index (χ1n) is 9.48. The van der Waals surface area contributed by atoms with Gasteiger partial charge in [-0.15, -0.1) is 0 Å². The Hall–Kier alpha value is -1.76. The van der Waals surface area contributed by atoms with E-state index < -0.39 is 50.0 Å². The van der Waals surface area contributed by atoms with Crippen molar-refractivity contribution in [3.8, 4) is 11.5 Å². The molecular formula is C20H30O10. The van der Waals surface area contributed by atoms with Crippen molar-refractivity contribution in [2.24, 2.45) is 0 Å². The molecular weight excluding hydrogens is 400 g/mol. The summed E-state index contributed by atoms with van der Waals surface area (Å²) in [6.07, 6.45) is -4.07. The molecule has 5 N–H and O–H groups in total. The standard InChI is InChI=1S/C20H30O10/c1-26-7-3-4-12-5-6-14(15(8-12)27-2)29-13(9-21)11-28-20-19(25)18(24)17(23)16(10-22)30-20/h3-6,8,13,16-25H,7,9-11H2,1-2H3/t13-,16+,17+,18-,19+,20-/m0/s1. The summed E-state index contributed by atoms with van der Waals surface area (Å²) in [6.45, 7) is -0.691. The van der Waals surface area contributed by atoms with E-state index in [1.807, 2.05) is 12.2 Å². The van der Waals surface area contributed by atoms with Gasteiger partial charge in [-0.2, -0.15) is 0 Å². The SMILES string of the molecule is COCC=Cc1ccc(O[C@@H](CO)CO[C@H]2O[C@H](CO)[C@@H](O)[C@H](O)[C@H]2O)c(OC)c1. The Balaban J connectivity index is 2.00. The van der Waals surface area contributed by atoms with Crippen molar-refractivity contribution < 1.29 is 49.2 Å². The van der Waals surface area contributed by atoms with Crippen LogP contribution in [0.5, 0.6) is 11.5 Å². The number of ether oxygens (including phenoxy) is 5. The second kappa shape index (κ2) is 12.2. The van der Waals surface area contributed by atoms with Gasteiger partial charge in [0.25, 0.3) is 0 Å². The van der Waals surface area contributed by atoms with Crippen molar-refractivity contribution in [3.05, 3.63) is 29.8 Å². The van der Waals surface area contributed by atoms with Crippen LogP contribution >= 0.6 is 0 Å². The lowest BCUT2D eigenvalue weighted by Crippen LogP contribution is -2.59. The lowest BCUT2D eigenvalue weighted by atomic mass is 9.99. The predicted octanol–water partition coefficient (Wildman–Crippen LogP) is -1.09. The minimum Gasteiger partial charge on any atom is -0.493 e. The van der Waals surface area contributed by atoms with Gasteiger partial charge in [-0.1, -0.05) is 18.2 Å².